The molecule has 1 aliphatic rings. The number of methoxy groups -OCH3 is 1. The van der Waals surface area contributed by atoms with E-state index in [2.05, 4.69) is 26.8 Å². The summed E-state index contributed by atoms with van der Waals surface area (Å²) in [6.07, 6.45) is 0. The van der Waals surface area contributed by atoms with Gasteiger partial charge >= 0.3 is 0 Å². The molecule has 4 rings (SSSR count). The second-order valence-electron chi connectivity index (χ2n) is 7.11. The van der Waals surface area contributed by atoms with Gasteiger partial charge in [-0.25, -0.2) is 0 Å². The zero-order valence-electron chi connectivity index (χ0n) is 15.5. The molecule has 6 heteroatoms. The fraction of sp³-hybridized carbons (Fsp3) is 0.238. The van der Waals surface area contributed by atoms with Gasteiger partial charge in [0.15, 0.2) is 0 Å². The zero-order valence-corrected chi connectivity index (χ0v) is 18.0. The molecule has 1 amide bonds. The minimum atomic E-state index is -0.479. The van der Waals surface area contributed by atoms with E-state index >= 15 is 0 Å². The van der Waals surface area contributed by atoms with Crippen LogP contribution in [0.4, 0.5) is 5.69 Å². The highest BCUT2D eigenvalue weighted by atomic mass is 32.9. The van der Waals surface area contributed by atoms with Crippen LogP contribution in [0.15, 0.2) is 42.5 Å². The molecule has 1 aromatic heterocycles. The molecular formula is C21H19NO2S3. The quantitative estimate of drug-likeness (QED) is 0.359. The lowest BCUT2D eigenvalue weighted by atomic mass is 9.86. The van der Waals surface area contributed by atoms with Crippen molar-refractivity contribution in [2.75, 3.05) is 12.0 Å². The van der Waals surface area contributed by atoms with Crippen molar-refractivity contribution in [3.63, 3.8) is 0 Å². The van der Waals surface area contributed by atoms with Crippen LogP contribution in [-0.4, -0.2) is 13.0 Å². The third kappa shape index (κ3) is 2.83. The number of anilines is 1. The van der Waals surface area contributed by atoms with Gasteiger partial charge in [-0.05, 0) is 57.2 Å². The summed E-state index contributed by atoms with van der Waals surface area (Å²) in [5.41, 5.74) is 4.39. The van der Waals surface area contributed by atoms with Crippen molar-refractivity contribution in [3.8, 4) is 16.9 Å². The van der Waals surface area contributed by atoms with Crippen LogP contribution >= 0.6 is 32.9 Å². The van der Waals surface area contributed by atoms with Gasteiger partial charge < -0.3 is 4.74 Å². The van der Waals surface area contributed by atoms with Gasteiger partial charge in [0.1, 0.15) is 9.57 Å². The molecule has 0 bridgehead atoms. The van der Waals surface area contributed by atoms with Crippen molar-refractivity contribution in [2.24, 2.45) is 0 Å². The van der Waals surface area contributed by atoms with Crippen LogP contribution in [0.25, 0.3) is 11.1 Å². The van der Waals surface area contributed by atoms with Crippen LogP contribution in [0.2, 0.25) is 0 Å². The molecule has 0 saturated heterocycles. The molecule has 2 heterocycles. The molecule has 0 N–H and O–H groups in total. The molecule has 27 heavy (non-hydrogen) atoms. The molecule has 0 unspecified atom stereocenters. The molecule has 0 fully saturated rings. The molecule has 3 nitrogen and oxygen atoms in total. The highest BCUT2D eigenvalue weighted by molar-refractivity contribution is 7.80. The molecular weight excluding hydrogens is 394 g/mol. The summed E-state index contributed by atoms with van der Waals surface area (Å²) in [5.74, 6) is 0.710. The Hall–Kier alpha value is -2.02. The second-order valence-corrected chi connectivity index (χ2v) is 9.92. The topological polar surface area (TPSA) is 29.5 Å². The number of aryl methyl sites for hydroxylation is 1. The maximum atomic E-state index is 13.5. The average molecular weight is 414 g/mol. The summed E-state index contributed by atoms with van der Waals surface area (Å²) < 4.78 is 6.12. The first kappa shape index (κ1) is 18.3. The Labute approximate surface area is 171 Å². The molecule has 0 spiro atoms. The second kappa shape index (κ2) is 6.55. The lowest BCUT2D eigenvalue weighted by molar-refractivity contribution is 0.0961. The van der Waals surface area contributed by atoms with Gasteiger partial charge in [-0.1, -0.05) is 44.5 Å². The highest BCUT2D eigenvalue weighted by Crippen LogP contribution is 2.52. The van der Waals surface area contributed by atoms with Crippen LogP contribution in [0.5, 0.6) is 5.75 Å². The number of carbonyl (C=O) groups excluding carboxylic acids is 1. The third-order valence-electron chi connectivity index (χ3n) is 4.95. The van der Waals surface area contributed by atoms with Gasteiger partial charge in [0.2, 0.25) is 0 Å². The van der Waals surface area contributed by atoms with E-state index in [1.165, 1.54) is 0 Å². The average Bonchev–Trinajstić information content (AvgIpc) is 3.05. The summed E-state index contributed by atoms with van der Waals surface area (Å²) in [5, 5.41) is 0. The number of fused-ring (bicyclic) bond motifs is 3. The SMILES string of the molecule is COc1ccc(C(=O)N2c3ccc(C)cc3-c3c(ssc3=S)C2(C)C)cc1. The Bertz CT molecular complexity index is 1090. The van der Waals surface area contributed by atoms with Crippen molar-refractivity contribution < 1.29 is 9.53 Å². The van der Waals surface area contributed by atoms with E-state index in [0.29, 0.717) is 5.56 Å². The molecule has 2 aromatic carbocycles. The molecule has 138 valence electrons. The van der Waals surface area contributed by atoms with E-state index in [-0.39, 0.29) is 5.91 Å². The van der Waals surface area contributed by atoms with Gasteiger partial charge in [-0.15, -0.1) is 0 Å². The molecule has 0 radical (unpaired) electrons. The molecule has 0 atom stereocenters. The minimum absolute atomic E-state index is 0.0253. The largest absolute Gasteiger partial charge is 0.497 e. The summed E-state index contributed by atoms with van der Waals surface area (Å²) >= 11 is 5.63. The highest BCUT2D eigenvalue weighted by Gasteiger charge is 2.43. The van der Waals surface area contributed by atoms with Crippen molar-refractivity contribution in [1.82, 2.24) is 0 Å². The Kier molecular flexibility index (Phi) is 4.45. The van der Waals surface area contributed by atoms with Crippen molar-refractivity contribution in [2.45, 2.75) is 26.3 Å². The number of ether oxygens (including phenoxy) is 1. The van der Waals surface area contributed by atoms with Gasteiger partial charge in [-0.2, -0.15) is 0 Å². The number of hydrogen-bond acceptors (Lipinski definition) is 5. The van der Waals surface area contributed by atoms with Crippen molar-refractivity contribution in [1.29, 1.82) is 0 Å². The number of nitrogens with zero attached hydrogens (tertiary/aromatic N) is 1. The first-order chi connectivity index (χ1) is 12.8. The fourth-order valence-electron chi connectivity index (χ4n) is 3.57. The molecule has 0 saturated carbocycles. The first-order valence-electron chi connectivity index (χ1n) is 8.58. The lowest BCUT2D eigenvalue weighted by Gasteiger charge is -2.43. The predicted octanol–water partition coefficient (Wildman–Crippen LogP) is 6.42. The van der Waals surface area contributed by atoms with E-state index in [0.717, 1.165) is 36.8 Å². The van der Waals surface area contributed by atoms with Crippen LogP contribution in [0.3, 0.4) is 0 Å². The zero-order chi connectivity index (χ0) is 19.3. The maximum absolute atomic E-state index is 13.5. The van der Waals surface area contributed by atoms with E-state index in [9.17, 15) is 4.79 Å². The minimum Gasteiger partial charge on any atom is -0.497 e. The summed E-state index contributed by atoms with van der Waals surface area (Å²) in [4.78, 5) is 16.6. The van der Waals surface area contributed by atoms with E-state index in [1.807, 2.05) is 41.3 Å². The number of rotatable bonds is 2. The van der Waals surface area contributed by atoms with Crippen LogP contribution in [0.1, 0.15) is 34.6 Å². The van der Waals surface area contributed by atoms with E-state index in [1.54, 1.807) is 27.8 Å². The van der Waals surface area contributed by atoms with E-state index < -0.39 is 5.54 Å². The predicted molar refractivity (Wildman–Crippen MR) is 116 cm³/mol. The monoisotopic (exact) mass is 413 g/mol. The number of benzene rings is 2. The van der Waals surface area contributed by atoms with E-state index in [4.69, 9.17) is 17.0 Å². The first-order valence-corrected chi connectivity index (χ1v) is 11.1. The Morgan fingerprint density at radius 1 is 1.11 bits per heavy atom. The van der Waals surface area contributed by atoms with Gasteiger partial charge in [0, 0.05) is 16.7 Å². The Morgan fingerprint density at radius 3 is 2.48 bits per heavy atom. The summed E-state index contributed by atoms with van der Waals surface area (Å²) in [7, 11) is 4.90. The van der Waals surface area contributed by atoms with Crippen molar-refractivity contribution in [3.05, 3.63) is 62.3 Å². The lowest BCUT2D eigenvalue weighted by Crippen LogP contribution is -2.47. The summed E-state index contributed by atoms with van der Waals surface area (Å²) in [6, 6.07) is 13.5. The Balaban J connectivity index is 1.92. The smallest absolute Gasteiger partial charge is 0.259 e. The van der Waals surface area contributed by atoms with Crippen LogP contribution in [0, 0.1) is 10.7 Å². The molecule has 1 aliphatic heterocycles. The maximum Gasteiger partial charge on any atom is 0.259 e. The Morgan fingerprint density at radius 2 is 1.81 bits per heavy atom. The fourth-order valence-corrected chi connectivity index (χ4v) is 6.85. The third-order valence-corrected chi connectivity index (χ3v) is 8.28. The standard InChI is InChI=1S/C21H19NO2S3/c1-12-5-10-16-15(11-12)17-18(26-27-20(17)25)21(2,3)22(16)19(23)13-6-8-14(24-4)9-7-13/h5-11H,1-4H3. The van der Waals surface area contributed by atoms with Crippen LogP contribution < -0.4 is 9.64 Å². The summed E-state index contributed by atoms with van der Waals surface area (Å²) in [6.45, 7) is 6.25. The number of carbonyl (C=O) groups is 1. The normalized spacial score (nSPS) is 14.4. The van der Waals surface area contributed by atoms with Gasteiger partial charge in [0.05, 0.1) is 23.2 Å². The van der Waals surface area contributed by atoms with Gasteiger partial charge in [0.25, 0.3) is 5.91 Å². The molecule has 0 aliphatic carbocycles. The molecule has 3 aromatic rings. The number of hydrogen-bond donors (Lipinski definition) is 0. The van der Waals surface area contributed by atoms with Gasteiger partial charge in [-0.3, -0.25) is 9.69 Å². The van der Waals surface area contributed by atoms with Crippen LogP contribution in [-0.2, 0) is 5.54 Å². The number of amides is 1. The van der Waals surface area contributed by atoms with Crippen molar-refractivity contribution >= 4 is 44.5 Å².